The van der Waals surface area contributed by atoms with Crippen LogP contribution in [-0.2, 0) is 0 Å². The number of amides is 2. The Bertz CT molecular complexity index is 946. The number of carbonyl (C=O) groups is 1. The number of nitrogens with one attached hydrogen (secondary N) is 2. The number of hydrogen-bond acceptors (Lipinski definition) is 4. The third-order valence-electron chi connectivity index (χ3n) is 3.55. The predicted molar refractivity (Wildman–Crippen MR) is 92.3 cm³/mol. The topological polar surface area (TPSA) is 76.4 Å². The lowest BCUT2D eigenvalue weighted by molar-refractivity contribution is -0.0495. The number of nitrogens with zero attached hydrogens (tertiary/aromatic N) is 1. The van der Waals surface area contributed by atoms with Gasteiger partial charge in [0, 0.05) is 11.6 Å². The molecule has 0 saturated heterocycles. The Kier molecular flexibility index (Phi) is 5.30. The monoisotopic (exact) mass is 377 g/mol. The molecule has 0 radical (unpaired) electrons. The van der Waals surface area contributed by atoms with E-state index in [1.165, 1.54) is 0 Å². The van der Waals surface area contributed by atoms with Crippen LogP contribution in [0.3, 0.4) is 0 Å². The van der Waals surface area contributed by atoms with E-state index in [-0.39, 0.29) is 5.69 Å². The van der Waals surface area contributed by atoms with E-state index in [2.05, 4.69) is 20.5 Å². The van der Waals surface area contributed by atoms with Gasteiger partial charge < -0.3 is 19.9 Å². The first kappa shape index (κ1) is 18.3. The lowest BCUT2D eigenvalue weighted by Gasteiger charge is -2.12. The lowest BCUT2D eigenvalue weighted by Crippen LogP contribution is -2.21. The van der Waals surface area contributed by atoms with E-state index in [1.54, 1.807) is 31.2 Å². The van der Waals surface area contributed by atoms with Gasteiger partial charge in [-0.25, -0.2) is 9.18 Å². The molecule has 3 rings (SSSR count). The van der Waals surface area contributed by atoms with Gasteiger partial charge in [0.05, 0.1) is 5.69 Å². The number of aromatic nitrogens is 1. The normalized spacial score (nSPS) is 10.7. The Labute approximate surface area is 151 Å². The Morgan fingerprint density at radius 3 is 2.59 bits per heavy atom. The van der Waals surface area contributed by atoms with Gasteiger partial charge >= 0.3 is 12.6 Å². The quantitative estimate of drug-likeness (QED) is 0.654. The lowest BCUT2D eigenvalue weighted by atomic mass is 10.1. The van der Waals surface area contributed by atoms with Gasteiger partial charge in [0.25, 0.3) is 0 Å². The van der Waals surface area contributed by atoms with Crippen LogP contribution in [0.5, 0.6) is 5.75 Å². The van der Waals surface area contributed by atoms with Crippen LogP contribution in [0.15, 0.2) is 53.1 Å². The minimum absolute atomic E-state index is 0.121. The van der Waals surface area contributed by atoms with Crippen molar-refractivity contribution >= 4 is 17.4 Å². The zero-order valence-corrected chi connectivity index (χ0v) is 14.0. The molecule has 2 aromatic carbocycles. The second-order valence-electron chi connectivity index (χ2n) is 5.44. The minimum atomic E-state index is -3.17. The molecular formula is C18H14F3N3O3. The van der Waals surface area contributed by atoms with Crippen molar-refractivity contribution in [1.82, 2.24) is 5.16 Å². The summed E-state index contributed by atoms with van der Waals surface area (Å²) < 4.78 is 47.7. The van der Waals surface area contributed by atoms with E-state index >= 15 is 0 Å². The van der Waals surface area contributed by atoms with Crippen molar-refractivity contribution in [3.63, 3.8) is 0 Å². The highest BCUT2D eigenvalue weighted by molar-refractivity contribution is 6.02. The Balaban J connectivity index is 1.81. The van der Waals surface area contributed by atoms with Crippen molar-refractivity contribution in [2.45, 2.75) is 13.5 Å². The molecule has 1 heterocycles. The maximum absolute atomic E-state index is 13.3. The van der Waals surface area contributed by atoms with E-state index in [9.17, 15) is 18.0 Å². The van der Waals surface area contributed by atoms with Crippen LogP contribution in [0.1, 0.15) is 5.69 Å². The highest BCUT2D eigenvalue weighted by atomic mass is 19.3. The number of alkyl halides is 2. The summed E-state index contributed by atoms with van der Waals surface area (Å²) in [4.78, 5) is 12.3. The molecule has 0 saturated carbocycles. The minimum Gasteiger partial charge on any atom is -0.432 e. The first-order chi connectivity index (χ1) is 12.9. The summed E-state index contributed by atoms with van der Waals surface area (Å²) in [6.07, 6.45) is 0. The number of urea groups is 1. The summed E-state index contributed by atoms with van der Waals surface area (Å²) in [7, 11) is 0. The van der Waals surface area contributed by atoms with Gasteiger partial charge in [-0.2, -0.15) is 8.78 Å². The van der Waals surface area contributed by atoms with Crippen LogP contribution < -0.4 is 15.4 Å². The zero-order chi connectivity index (χ0) is 19.4. The summed E-state index contributed by atoms with van der Waals surface area (Å²) in [6.45, 7) is -1.53. The molecule has 1 aromatic heterocycles. The smallest absolute Gasteiger partial charge is 0.387 e. The molecule has 0 unspecified atom stereocenters. The van der Waals surface area contributed by atoms with Gasteiger partial charge in [0.2, 0.25) is 0 Å². The molecule has 140 valence electrons. The molecular weight excluding hydrogens is 363 g/mol. The predicted octanol–water partition coefficient (Wildman–Crippen LogP) is 5.03. The number of rotatable bonds is 5. The average Bonchev–Trinajstić information content (AvgIpc) is 2.98. The fraction of sp³-hybridized carbons (Fsp3) is 0.111. The van der Waals surface area contributed by atoms with Gasteiger partial charge in [-0.1, -0.05) is 35.5 Å². The molecule has 3 aromatic rings. The largest absolute Gasteiger partial charge is 0.432 e. The summed E-state index contributed by atoms with van der Waals surface area (Å²) in [6, 6.07) is 11.1. The Morgan fingerprint density at radius 2 is 1.89 bits per heavy atom. The van der Waals surface area contributed by atoms with Crippen molar-refractivity contribution < 1.29 is 27.2 Å². The van der Waals surface area contributed by atoms with Crippen LogP contribution in [-0.4, -0.2) is 17.8 Å². The van der Waals surface area contributed by atoms with Gasteiger partial charge in [-0.15, -0.1) is 0 Å². The van der Waals surface area contributed by atoms with Crippen molar-refractivity contribution in [2.75, 3.05) is 10.6 Å². The average molecular weight is 377 g/mol. The summed E-state index contributed by atoms with van der Waals surface area (Å²) in [5, 5.41) is 8.73. The van der Waals surface area contributed by atoms with Gasteiger partial charge in [0.1, 0.15) is 17.2 Å². The highest BCUT2D eigenvalue weighted by Gasteiger charge is 2.19. The van der Waals surface area contributed by atoms with E-state index in [0.29, 0.717) is 22.7 Å². The number of aryl methyl sites for hydroxylation is 1. The molecule has 0 aliphatic carbocycles. The number of hydrogen-bond donors (Lipinski definition) is 2. The fourth-order valence-electron chi connectivity index (χ4n) is 2.36. The maximum atomic E-state index is 13.3. The molecule has 6 nitrogen and oxygen atoms in total. The molecule has 0 aliphatic heterocycles. The number of benzene rings is 2. The van der Waals surface area contributed by atoms with E-state index in [1.807, 2.05) is 6.07 Å². The molecule has 0 bridgehead atoms. The maximum Gasteiger partial charge on any atom is 0.387 e. The summed E-state index contributed by atoms with van der Waals surface area (Å²) >= 11 is 0. The third-order valence-corrected chi connectivity index (χ3v) is 3.55. The molecule has 0 spiro atoms. The summed E-state index contributed by atoms with van der Waals surface area (Å²) in [5.41, 5.74) is 1.31. The van der Waals surface area contributed by atoms with Crippen LogP contribution >= 0.6 is 0 Å². The van der Waals surface area contributed by atoms with E-state index in [0.717, 1.165) is 18.2 Å². The van der Waals surface area contributed by atoms with Crippen molar-refractivity contribution in [2.24, 2.45) is 0 Å². The van der Waals surface area contributed by atoms with Crippen molar-refractivity contribution in [1.29, 1.82) is 0 Å². The van der Waals surface area contributed by atoms with E-state index < -0.39 is 24.2 Å². The third kappa shape index (κ3) is 4.38. The van der Waals surface area contributed by atoms with Gasteiger partial charge in [0.15, 0.2) is 11.5 Å². The molecule has 2 amide bonds. The van der Waals surface area contributed by atoms with Crippen LogP contribution in [0.25, 0.3) is 11.3 Å². The molecule has 0 atom stereocenters. The number of anilines is 2. The first-order valence-corrected chi connectivity index (χ1v) is 7.78. The summed E-state index contributed by atoms with van der Waals surface area (Å²) in [5.74, 6) is -0.935. The molecule has 27 heavy (non-hydrogen) atoms. The SMILES string of the molecule is Cc1noc(-c2ccccc2)c1NC(=O)Nc1ccc(F)cc1OC(F)F. The van der Waals surface area contributed by atoms with Crippen LogP contribution in [0.2, 0.25) is 0 Å². The molecule has 2 N–H and O–H groups in total. The van der Waals surface area contributed by atoms with Crippen molar-refractivity contribution in [3.8, 4) is 17.1 Å². The molecule has 0 fully saturated rings. The van der Waals surface area contributed by atoms with Gasteiger partial charge in [-0.3, -0.25) is 0 Å². The molecule has 9 heteroatoms. The highest BCUT2D eigenvalue weighted by Crippen LogP contribution is 2.31. The van der Waals surface area contributed by atoms with E-state index in [4.69, 9.17) is 4.52 Å². The first-order valence-electron chi connectivity index (χ1n) is 7.78. The number of halogens is 3. The number of ether oxygens (including phenoxy) is 1. The second kappa shape index (κ2) is 7.81. The standard InChI is InChI=1S/C18H14F3N3O3/c1-10-15(16(27-24-10)11-5-3-2-4-6-11)23-18(25)22-13-8-7-12(19)9-14(13)26-17(20)21/h2-9,17H,1H3,(H2,22,23,25). The van der Waals surface area contributed by atoms with Gasteiger partial charge in [-0.05, 0) is 19.1 Å². The fourth-order valence-corrected chi connectivity index (χ4v) is 2.36. The Hall–Kier alpha value is -3.49. The van der Waals surface area contributed by atoms with Crippen molar-refractivity contribution in [3.05, 3.63) is 60.0 Å². The molecule has 0 aliphatic rings. The van der Waals surface area contributed by atoms with Crippen LogP contribution in [0, 0.1) is 12.7 Å². The number of carbonyl (C=O) groups excluding carboxylic acids is 1. The zero-order valence-electron chi connectivity index (χ0n) is 14.0. The van der Waals surface area contributed by atoms with Crippen LogP contribution in [0.4, 0.5) is 29.3 Å². The Morgan fingerprint density at radius 1 is 1.15 bits per heavy atom. The second-order valence-corrected chi connectivity index (χ2v) is 5.44.